The molecular weight excluding hydrogens is 212 g/mol. The van der Waals surface area contributed by atoms with Gasteiger partial charge in [-0.3, -0.25) is 4.79 Å². The zero-order chi connectivity index (χ0) is 12.6. The van der Waals surface area contributed by atoms with Gasteiger partial charge in [0.25, 0.3) is 0 Å². The van der Waals surface area contributed by atoms with Gasteiger partial charge in [0, 0.05) is 6.42 Å². The Labute approximate surface area is 106 Å². The Morgan fingerprint density at radius 3 is 2.35 bits per heavy atom. The summed E-state index contributed by atoms with van der Waals surface area (Å²) in [7, 11) is 0. The lowest BCUT2D eigenvalue weighted by Gasteiger charge is -2.33. The molecular formula is C15H28O2. The molecule has 0 aromatic heterocycles. The van der Waals surface area contributed by atoms with Gasteiger partial charge in [-0.15, -0.1) is 0 Å². The van der Waals surface area contributed by atoms with Crippen LogP contribution in [0.3, 0.4) is 0 Å². The molecule has 1 saturated carbocycles. The third-order valence-corrected chi connectivity index (χ3v) is 3.76. The van der Waals surface area contributed by atoms with E-state index < -0.39 is 0 Å². The topological polar surface area (TPSA) is 26.3 Å². The minimum Gasteiger partial charge on any atom is -0.459 e. The van der Waals surface area contributed by atoms with Crippen molar-refractivity contribution in [1.29, 1.82) is 0 Å². The number of rotatable bonds is 7. The largest absolute Gasteiger partial charge is 0.459 e. The van der Waals surface area contributed by atoms with Crippen LogP contribution in [-0.2, 0) is 9.53 Å². The first-order chi connectivity index (χ1) is 8.16. The van der Waals surface area contributed by atoms with E-state index >= 15 is 0 Å². The molecule has 1 aliphatic carbocycles. The van der Waals surface area contributed by atoms with E-state index in [0.717, 1.165) is 19.3 Å². The molecule has 0 saturated heterocycles. The Morgan fingerprint density at radius 1 is 1.06 bits per heavy atom. The Balaban J connectivity index is 2.11. The number of carbonyl (C=O) groups is 1. The fourth-order valence-corrected chi connectivity index (χ4v) is 2.60. The highest BCUT2D eigenvalue weighted by molar-refractivity contribution is 5.69. The van der Waals surface area contributed by atoms with Crippen LogP contribution in [-0.4, -0.2) is 11.6 Å². The number of esters is 1. The number of unbranched alkanes of at least 4 members (excludes halogenated alkanes) is 4. The maximum atomic E-state index is 11.7. The summed E-state index contributed by atoms with van der Waals surface area (Å²) in [5.41, 5.74) is -0.154. The molecule has 0 N–H and O–H groups in total. The van der Waals surface area contributed by atoms with E-state index in [1.165, 1.54) is 44.9 Å². The van der Waals surface area contributed by atoms with Gasteiger partial charge >= 0.3 is 5.97 Å². The smallest absolute Gasteiger partial charge is 0.306 e. The summed E-state index contributed by atoms with van der Waals surface area (Å²) in [6.45, 7) is 4.30. The highest BCUT2D eigenvalue weighted by Gasteiger charge is 2.30. The molecule has 100 valence electrons. The number of carbonyl (C=O) groups excluding carboxylic acids is 1. The van der Waals surface area contributed by atoms with Crippen LogP contribution >= 0.6 is 0 Å². The highest BCUT2D eigenvalue weighted by atomic mass is 16.6. The molecule has 0 aromatic carbocycles. The second-order valence-corrected chi connectivity index (χ2v) is 5.65. The summed E-state index contributed by atoms with van der Waals surface area (Å²) in [4.78, 5) is 11.7. The molecule has 1 fully saturated rings. The second kappa shape index (κ2) is 7.73. The summed E-state index contributed by atoms with van der Waals surface area (Å²) < 4.78 is 5.65. The predicted molar refractivity (Wildman–Crippen MR) is 71.0 cm³/mol. The minimum atomic E-state index is -0.154. The second-order valence-electron chi connectivity index (χ2n) is 5.65. The van der Waals surface area contributed by atoms with Crippen molar-refractivity contribution >= 4 is 5.97 Å². The first-order valence-electron chi connectivity index (χ1n) is 7.38. The molecule has 0 bridgehead atoms. The van der Waals surface area contributed by atoms with Crippen molar-refractivity contribution in [1.82, 2.24) is 0 Å². The number of hydrogen-bond acceptors (Lipinski definition) is 2. The molecule has 2 heteroatoms. The Bertz CT molecular complexity index is 217. The molecule has 0 spiro atoms. The monoisotopic (exact) mass is 240 g/mol. The number of ether oxygens (including phenoxy) is 1. The molecule has 2 nitrogen and oxygen atoms in total. The van der Waals surface area contributed by atoms with Crippen molar-refractivity contribution < 1.29 is 9.53 Å². The fourth-order valence-electron chi connectivity index (χ4n) is 2.60. The lowest BCUT2D eigenvalue weighted by atomic mass is 9.86. The van der Waals surface area contributed by atoms with Gasteiger partial charge in [0.2, 0.25) is 0 Å². The van der Waals surface area contributed by atoms with Gasteiger partial charge in [0.1, 0.15) is 5.60 Å². The third kappa shape index (κ3) is 6.09. The standard InChI is InChI=1S/C15H28O2/c1-3-4-5-6-8-11-14(16)17-15(2)12-9-7-10-13-15/h3-13H2,1-2H3. The Kier molecular flexibility index (Phi) is 6.61. The summed E-state index contributed by atoms with van der Waals surface area (Å²) in [5, 5.41) is 0. The van der Waals surface area contributed by atoms with Crippen molar-refractivity contribution in [2.24, 2.45) is 0 Å². The molecule has 1 aliphatic rings. The average Bonchev–Trinajstić information content (AvgIpc) is 2.29. The van der Waals surface area contributed by atoms with Gasteiger partial charge in [-0.2, -0.15) is 0 Å². The molecule has 1 rings (SSSR count). The van der Waals surface area contributed by atoms with Crippen LogP contribution in [0.4, 0.5) is 0 Å². The maximum absolute atomic E-state index is 11.7. The zero-order valence-electron chi connectivity index (χ0n) is 11.6. The minimum absolute atomic E-state index is 0.0194. The molecule has 0 amide bonds. The summed E-state index contributed by atoms with van der Waals surface area (Å²) in [6, 6.07) is 0. The molecule has 0 heterocycles. The zero-order valence-corrected chi connectivity index (χ0v) is 11.6. The van der Waals surface area contributed by atoms with Crippen LogP contribution in [0.2, 0.25) is 0 Å². The van der Waals surface area contributed by atoms with Gasteiger partial charge < -0.3 is 4.74 Å². The molecule has 0 radical (unpaired) electrons. The first kappa shape index (κ1) is 14.5. The normalized spacial score (nSPS) is 18.9. The Morgan fingerprint density at radius 2 is 1.71 bits per heavy atom. The molecule has 0 atom stereocenters. The van der Waals surface area contributed by atoms with Crippen molar-refractivity contribution in [3.63, 3.8) is 0 Å². The SMILES string of the molecule is CCCCCCCC(=O)OC1(C)CCCCC1. The quantitative estimate of drug-likeness (QED) is 0.479. The number of hydrogen-bond donors (Lipinski definition) is 0. The highest BCUT2D eigenvalue weighted by Crippen LogP contribution is 2.31. The molecule has 0 unspecified atom stereocenters. The third-order valence-electron chi connectivity index (χ3n) is 3.76. The summed E-state index contributed by atoms with van der Waals surface area (Å²) in [5.74, 6) is 0.0194. The molecule has 17 heavy (non-hydrogen) atoms. The van der Waals surface area contributed by atoms with Crippen molar-refractivity contribution in [3.8, 4) is 0 Å². The van der Waals surface area contributed by atoms with Crippen molar-refractivity contribution in [2.45, 2.75) is 90.1 Å². The van der Waals surface area contributed by atoms with Gasteiger partial charge in [0.05, 0.1) is 0 Å². The van der Waals surface area contributed by atoms with E-state index in [0.29, 0.717) is 6.42 Å². The first-order valence-corrected chi connectivity index (χ1v) is 7.38. The van der Waals surface area contributed by atoms with Crippen LogP contribution in [0.1, 0.15) is 84.5 Å². The fraction of sp³-hybridized carbons (Fsp3) is 0.933. The van der Waals surface area contributed by atoms with Crippen LogP contribution in [0.15, 0.2) is 0 Å². The predicted octanol–water partition coefficient (Wildman–Crippen LogP) is 4.61. The van der Waals surface area contributed by atoms with E-state index in [1.54, 1.807) is 0 Å². The van der Waals surface area contributed by atoms with Gasteiger partial charge in [0.15, 0.2) is 0 Å². The summed E-state index contributed by atoms with van der Waals surface area (Å²) >= 11 is 0. The van der Waals surface area contributed by atoms with E-state index in [-0.39, 0.29) is 11.6 Å². The molecule has 0 aromatic rings. The van der Waals surface area contributed by atoms with E-state index in [1.807, 2.05) is 0 Å². The lowest BCUT2D eigenvalue weighted by molar-refractivity contribution is -0.161. The maximum Gasteiger partial charge on any atom is 0.306 e. The molecule has 0 aliphatic heterocycles. The average molecular weight is 240 g/mol. The van der Waals surface area contributed by atoms with Gasteiger partial charge in [-0.1, -0.05) is 39.0 Å². The van der Waals surface area contributed by atoms with Crippen LogP contribution in [0, 0.1) is 0 Å². The van der Waals surface area contributed by atoms with Gasteiger partial charge in [-0.25, -0.2) is 0 Å². The van der Waals surface area contributed by atoms with Crippen LogP contribution < -0.4 is 0 Å². The Hall–Kier alpha value is -0.530. The van der Waals surface area contributed by atoms with E-state index in [4.69, 9.17) is 4.74 Å². The summed E-state index contributed by atoms with van der Waals surface area (Å²) in [6.07, 6.45) is 12.4. The van der Waals surface area contributed by atoms with Crippen molar-refractivity contribution in [2.75, 3.05) is 0 Å². The van der Waals surface area contributed by atoms with Crippen LogP contribution in [0.25, 0.3) is 0 Å². The van der Waals surface area contributed by atoms with Crippen LogP contribution in [0.5, 0.6) is 0 Å². The lowest BCUT2D eigenvalue weighted by Crippen LogP contribution is -2.33. The van der Waals surface area contributed by atoms with Crippen molar-refractivity contribution in [3.05, 3.63) is 0 Å². The van der Waals surface area contributed by atoms with E-state index in [2.05, 4.69) is 13.8 Å². The van der Waals surface area contributed by atoms with E-state index in [9.17, 15) is 4.79 Å². The van der Waals surface area contributed by atoms with Gasteiger partial charge in [-0.05, 0) is 39.0 Å².